The van der Waals surface area contributed by atoms with Crippen LogP contribution in [0.3, 0.4) is 0 Å². The molecule has 14 heavy (non-hydrogen) atoms. The molecule has 0 aromatic heterocycles. The van der Waals surface area contributed by atoms with Crippen LogP contribution in [-0.2, 0) is 4.79 Å². The lowest BCUT2D eigenvalue weighted by molar-refractivity contribution is -0.113. The van der Waals surface area contributed by atoms with Crippen LogP contribution in [0.25, 0.3) is 0 Å². The summed E-state index contributed by atoms with van der Waals surface area (Å²) in [6, 6.07) is 5.50. The molecule has 0 saturated heterocycles. The van der Waals surface area contributed by atoms with Crippen LogP contribution in [0.1, 0.15) is 5.56 Å². The molecule has 76 valence electrons. The quantitative estimate of drug-likeness (QED) is 0.749. The summed E-state index contributed by atoms with van der Waals surface area (Å²) in [4.78, 5) is 11.3. The van der Waals surface area contributed by atoms with Crippen LogP contribution in [0, 0.1) is 6.92 Å². The Balaban J connectivity index is 2.76. The predicted octanol–water partition coefficient (Wildman–Crippen LogP) is 1.88. The molecule has 0 bridgehead atoms. The number of hydrogen-bond acceptors (Lipinski definition) is 3. The first kappa shape index (κ1) is 10.9. The van der Waals surface area contributed by atoms with Gasteiger partial charge in [-0.25, -0.2) is 0 Å². The van der Waals surface area contributed by atoms with Crippen molar-refractivity contribution >= 4 is 29.0 Å². The summed E-state index contributed by atoms with van der Waals surface area (Å²) in [7, 11) is 0. The van der Waals surface area contributed by atoms with E-state index in [9.17, 15) is 4.79 Å². The molecule has 0 fully saturated rings. The van der Waals surface area contributed by atoms with Gasteiger partial charge in [-0.15, -0.1) is 0 Å². The summed E-state index contributed by atoms with van der Waals surface area (Å²) in [5.74, 6) is 0.472. The summed E-state index contributed by atoms with van der Waals surface area (Å²) in [6.45, 7) is 1.89. The first-order valence-corrected chi connectivity index (χ1v) is 5.68. The number of carbonyl (C=O) groups excluding carboxylic acids is 1. The molecular weight excluding hydrogens is 196 g/mol. The number of thioether (sulfide) groups is 1. The Morgan fingerprint density at radius 2 is 2.29 bits per heavy atom. The summed E-state index contributed by atoms with van der Waals surface area (Å²) < 4.78 is 0. The molecule has 0 heterocycles. The van der Waals surface area contributed by atoms with Gasteiger partial charge in [0, 0.05) is 11.4 Å². The van der Waals surface area contributed by atoms with Gasteiger partial charge >= 0.3 is 0 Å². The van der Waals surface area contributed by atoms with E-state index in [1.807, 2.05) is 31.4 Å². The first-order valence-electron chi connectivity index (χ1n) is 4.29. The average molecular weight is 210 g/mol. The number of amides is 1. The summed E-state index contributed by atoms with van der Waals surface area (Å²) >= 11 is 1.50. The molecule has 3 nitrogen and oxygen atoms in total. The minimum absolute atomic E-state index is 0.00574. The Labute approximate surface area is 88.1 Å². The minimum Gasteiger partial charge on any atom is -0.398 e. The highest BCUT2D eigenvalue weighted by atomic mass is 32.2. The number of benzene rings is 1. The van der Waals surface area contributed by atoms with Crippen molar-refractivity contribution in [3.8, 4) is 0 Å². The molecule has 4 heteroatoms. The number of anilines is 2. The van der Waals surface area contributed by atoms with E-state index in [1.165, 1.54) is 11.8 Å². The summed E-state index contributed by atoms with van der Waals surface area (Å²) in [6.07, 6.45) is 1.89. The zero-order valence-electron chi connectivity index (χ0n) is 8.33. The van der Waals surface area contributed by atoms with Crippen LogP contribution >= 0.6 is 11.8 Å². The highest BCUT2D eigenvalue weighted by Gasteiger charge is 2.04. The molecule has 1 rings (SSSR count). The Hall–Kier alpha value is -1.16. The Morgan fingerprint density at radius 1 is 1.57 bits per heavy atom. The molecule has 1 aromatic carbocycles. The van der Waals surface area contributed by atoms with Crippen molar-refractivity contribution in [2.24, 2.45) is 0 Å². The summed E-state index contributed by atoms with van der Waals surface area (Å²) in [5.41, 5.74) is 8.13. The van der Waals surface area contributed by atoms with Gasteiger partial charge in [-0.3, -0.25) is 4.79 Å². The smallest absolute Gasteiger partial charge is 0.234 e. The van der Waals surface area contributed by atoms with Crippen LogP contribution in [0.15, 0.2) is 18.2 Å². The highest BCUT2D eigenvalue weighted by molar-refractivity contribution is 7.99. The van der Waals surface area contributed by atoms with Gasteiger partial charge in [0.05, 0.1) is 5.75 Å². The number of nitrogens with one attached hydrogen (secondary N) is 1. The molecule has 0 aliphatic heterocycles. The van der Waals surface area contributed by atoms with E-state index < -0.39 is 0 Å². The second kappa shape index (κ2) is 4.91. The Morgan fingerprint density at radius 3 is 2.93 bits per heavy atom. The maximum atomic E-state index is 11.3. The van der Waals surface area contributed by atoms with Gasteiger partial charge in [-0.2, -0.15) is 11.8 Å². The number of rotatable bonds is 3. The SMILES string of the molecule is CSCC(=O)Nc1cccc(N)c1C. The van der Waals surface area contributed by atoms with Gasteiger partial charge in [-0.05, 0) is 30.9 Å². The zero-order valence-corrected chi connectivity index (χ0v) is 9.15. The molecule has 1 amide bonds. The lowest BCUT2D eigenvalue weighted by Gasteiger charge is -2.09. The molecule has 0 saturated carbocycles. The number of carbonyl (C=O) groups is 1. The Bertz CT molecular complexity index is 339. The van der Waals surface area contributed by atoms with Crippen LogP contribution in [0.4, 0.5) is 11.4 Å². The van der Waals surface area contributed by atoms with Gasteiger partial charge in [0.15, 0.2) is 0 Å². The van der Waals surface area contributed by atoms with E-state index in [4.69, 9.17) is 5.73 Å². The summed E-state index contributed by atoms with van der Waals surface area (Å²) in [5, 5.41) is 2.81. The van der Waals surface area contributed by atoms with E-state index in [0.717, 1.165) is 11.3 Å². The maximum Gasteiger partial charge on any atom is 0.234 e. The minimum atomic E-state index is 0.00574. The number of nitrogen functional groups attached to an aromatic ring is 1. The average Bonchev–Trinajstić information content (AvgIpc) is 2.13. The zero-order chi connectivity index (χ0) is 10.6. The normalized spacial score (nSPS) is 9.86. The molecule has 0 aliphatic rings. The lowest BCUT2D eigenvalue weighted by atomic mass is 10.1. The van der Waals surface area contributed by atoms with Gasteiger partial charge in [0.25, 0.3) is 0 Å². The van der Waals surface area contributed by atoms with Crippen LogP contribution in [-0.4, -0.2) is 17.9 Å². The van der Waals surface area contributed by atoms with E-state index in [2.05, 4.69) is 5.32 Å². The van der Waals surface area contributed by atoms with E-state index in [-0.39, 0.29) is 5.91 Å². The Kier molecular flexibility index (Phi) is 3.83. The first-order chi connectivity index (χ1) is 6.65. The van der Waals surface area contributed by atoms with E-state index >= 15 is 0 Å². The van der Waals surface area contributed by atoms with Crippen molar-refractivity contribution < 1.29 is 4.79 Å². The van der Waals surface area contributed by atoms with Gasteiger partial charge < -0.3 is 11.1 Å². The van der Waals surface area contributed by atoms with Crippen molar-refractivity contribution in [3.05, 3.63) is 23.8 Å². The van der Waals surface area contributed by atoms with Gasteiger partial charge in [0.2, 0.25) is 5.91 Å². The van der Waals surface area contributed by atoms with E-state index in [1.54, 1.807) is 0 Å². The lowest BCUT2D eigenvalue weighted by Crippen LogP contribution is -2.14. The van der Waals surface area contributed by atoms with Gasteiger partial charge in [0.1, 0.15) is 0 Å². The van der Waals surface area contributed by atoms with Crippen LogP contribution < -0.4 is 11.1 Å². The molecule has 0 radical (unpaired) electrons. The molecule has 0 spiro atoms. The monoisotopic (exact) mass is 210 g/mol. The van der Waals surface area contributed by atoms with Crippen LogP contribution in [0.5, 0.6) is 0 Å². The fourth-order valence-corrected chi connectivity index (χ4v) is 1.44. The number of hydrogen-bond donors (Lipinski definition) is 2. The fourth-order valence-electron chi connectivity index (χ4n) is 1.11. The van der Waals surface area contributed by atoms with E-state index in [0.29, 0.717) is 11.4 Å². The van der Waals surface area contributed by atoms with Crippen molar-refractivity contribution in [1.29, 1.82) is 0 Å². The number of nitrogens with two attached hydrogens (primary N) is 1. The molecule has 3 N–H and O–H groups in total. The van der Waals surface area contributed by atoms with Crippen molar-refractivity contribution in [1.82, 2.24) is 0 Å². The molecule has 0 aliphatic carbocycles. The van der Waals surface area contributed by atoms with Crippen molar-refractivity contribution in [2.75, 3.05) is 23.1 Å². The predicted molar refractivity (Wildman–Crippen MR) is 62.6 cm³/mol. The second-order valence-corrected chi connectivity index (χ2v) is 3.87. The largest absolute Gasteiger partial charge is 0.398 e. The third-order valence-electron chi connectivity index (χ3n) is 1.93. The standard InChI is InChI=1S/C10H14N2OS/c1-7-8(11)4-3-5-9(7)12-10(13)6-14-2/h3-5H,6,11H2,1-2H3,(H,12,13). The maximum absolute atomic E-state index is 11.3. The van der Waals surface area contributed by atoms with Crippen molar-refractivity contribution in [3.63, 3.8) is 0 Å². The molecular formula is C10H14N2OS. The third kappa shape index (κ3) is 2.67. The third-order valence-corrected chi connectivity index (χ3v) is 2.48. The second-order valence-electron chi connectivity index (χ2n) is 3.00. The fraction of sp³-hybridized carbons (Fsp3) is 0.300. The topological polar surface area (TPSA) is 55.1 Å². The molecule has 0 unspecified atom stereocenters. The van der Waals surface area contributed by atoms with Crippen LogP contribution in [0.2, 0.25) is 0 Å². The highest BCUT2D eigenvalue weighted by Crippen LogP contribution is 2.20. The molecule has 0 atom stereocenters. The van der Waals surface area contributed by atoms with Crippen molar-refractivity contribution in [2.45, 2.75) is 6.92 Å². The molecule has 1 aromatic rings. The van der Waals surface area contributed by atoms with Gasteiger partial charge in [-0.1, -0.05) is 6.07 Å².